The van der Waals surface area contributed by atoms with E-state index in [1.807, 2.05) is 5.51 Å². The molecule has 5 heteroatoms. The van der Waals surface area contributed by atoms with Crippen molar-refractivity contribution in [2.75, 3.05) is 13.1 Å². The predicted molar refractivity (Wildman–Crippen MR) is 69.3 cm³/mol. The van der Waals surface area contributed by atoms with Crippen molar-refractivity contribution < 1.29 is 0 Å². The summed E-state index contributed by atoms with van der Waals surface area (Å²) in [7, 11) is 0. The van der Waals surface area contributed by atoms with Gasteiger partial charge in [-0.2, -0.15) is 0 Å². The van der Waals surface area contributed by atoms with Gasteiger partial charge < -0.3 is 10.6 Å². The van der Waals surface area contributed by atoms with Crippen LogP contribution in [0.3, 0.4) is 0 Å². The average Bonchev–Trinajstić information content (AvgIpc) is 2.67. The molecule has 0 atom stereocenters. The highest BCUT2D eigenvalue weighted by Gasteiger charge is 1.98. The number of thiocarbonyl (C=S) groups is 1. The van der Waals surface area contributed by atoms with Crippen LogP contribution < -0.4 is 10.6 Å². The maximum atomic E-state index is 5.13. The Morgan fingerprint density at radius 1 is 1.53 bits per heavy atom. The Morgan fingerprint density at radius 2 is 2.33 bits per heavy atom. The van der Waals surface area contributed by atoms with Gasteiger partial charge in [-0.1, -0.05) is 13.8 Å². The maximum absolute atomic E-state index is 5.13. The van der Waals surface area contributed by atoms with Crippen LogP contribution in [0, 0.1) is 5.92 Å². The Kier molecular flexibility index (Phi) is 5.57. The van der Waals surface area contributed by atoms with Gasteiger partial charge in [0.15, 0.2) is 5.11 Å². The Labute approximate surface area is 100 Å². The van der Waals surface area contributed by atoms with Crippen LogP contribution in [0.5, 0.6) is 0 Å². The van der Waals surface area contributed by atoms with Gasteiger partial charge in [-0.15, -0.1) is 11.3 Å². The fourth-order valence-electron chi connectivity index (χ4n) is 1.02. The van der Waals surface area contributed by atoms with Crippen LogP contribution >= 0.6 is 23.6 Å². The molecule has 0 unspecified atom stereocenters. The van der Waals surface area contributed by atoms with Gasteiger partial charge in [-0.3, -0.25) is 0 Å². The molecule has 0 bridgehead atoms. The van der Waals surface area contributed by atoms with E-state index in [-0.39, 0.29) is 0 Å². The molecule has 0 fully saturated rings. The highest BCUT2D eigenvalue weighted by atomic mass is 32.1. The molecule has 0 aliphatic heterocycles. The van der Waals surface area contributed by atoms with Crippen LogP contribution in [-0.2, 0) is 6.42 Å². The van der Waals surface area contributed by atoms with Gasteiger partial charge in [0.05, 0.1) is 11.2 Å². The fraction of sp³-hybridized carbons (Fsp3) is 0.600. The summed E-state index contributed by atoms with van der Waals surface area (Å²) in [6.07, 6.45) is 0.924. The second kappa shape index (κ2) is 6.74. The molecule has 3 nitrogen and oxygen atoms in total. The topological polar surface area (TPSA) is 37.0 Å². The van der Waals surface area contributed by atoms with E-state index >= 15 is 0 Å². The molecule has 0 spiro atoms. The van der Waals surface area contributed by atoms with E-state index in [1.165, 1.54) is 0 Å². The van der Waals surface area contributed by atoms with Gasteiger partial charge in [-0.05, 0) is 18.1 Å². The maximum Gasteiger partial charge on any atom is 0.166 e. The van der Waals surface area contributed by atoms with E-state index in [2.05, 4.69) is 34.8 Å². The SMILES string of the molecule is CC(C)CNC(=S)NCCc1cscn1. The predicted octanol–water partition coefficient (Wildman–Crippen LogP) is 1.81. The molecular weight excluding hydrogens is 226 g/mol. The molecule has 15 heavy (non-hydrogen) atoms. The van der Waals surface area contributed by atoms with E-state index in [4.69, 9.17) is 12.2 Å². The lowest BCUT2D eigenvalue weighted by Crippen LogP contribution is -2.38. The van der Waals surface area contributed by atoms with Crippen LogP contribution in [0.1, 0.15) is 19.5 Å². The second-order valence-electron chi connectivity index (χ2n) is 3.76. The van der Waals surface area contributed by atoms with Crippen molar-refractivity contribution in [2.45, 2.75) is 20.3 Å². The Balaban J connectivity index is 2.07. The lowest BCUT2D eigenvalue weighted by atomic mass is 10.2. The lowest BCUT2D eigenvalue weighted by molar-refractivity contribution is 0.619. The summed E-state index contributed by atoms with van der Waals surface area (Å²) in [6.45, 7) is 6.08. The smallest absolute Gasteiger partial charge is 0.166 e. The summed E-state index contributed by atoms with van der Waals surface area (Å²) in [4.78, 5) is 4.20. The van der Waals surface area contributed by atoms with Crippen LogP contribution in [0.2, 0.25) is 0 Å². The first-order valence-corrected chi connectivity index (χ1v) is 6.42. The van der Waals surface area contributed by atoms with E-state index in [0.29, 0.717) is 5.92 Å². The van der Waals surface area contributed by atoms with Crippen molar-refractivity contribution in [1.82, 2.24) is 15.6 Å². The molecule has 0 saturated heterocycles. The molecule has 1 aromatic heterocycles. The molecule has 84 valence electrons. The van der Waals surface area contributed by atoms with Crippen molar-refractivity contribution in [3.05, 3.63) is 16.6 Å². The van der Waals surface area contributed by atoms with Gasteiger partial charge in [0.1, 0.15) is 0 Å². The molecule has 0 amide bonds. The fourth-order valence-corrected chi connectivity index (χ4v) is 1.80. The minimum absolute atomic E-state index is 0.614. The number of hydrogen-bond acceptors (Lipinski definition) is 3. The van der Waals surface area contributed by atoms with E-state index in [9.17, 15) is 0 Å². The first kappa shape index (κ1) is 12.4. The number of nitrogens with one attached hydrogen (secondary N) is 2. The summed E-state index contributed by atoms with van der Waals surface area (Å²) in [5, 5.41) is 9.12. The van der Waals surface area contributed by atoms with Crippen molar-refractivity contribution in [3.63, 3.8) is 0 Å². The highest BCUT2D eigenvalue weighted by Crippen LogP contribution is 2.00. The first-order chi connectivity index (χ1) is 7.18. The summed E-state index contributed by atoms with van der Waals surface area (Å²) in [5.41, 5.74) is 2.98. The zero-order valence-electron chi connectivity index (χ0n) is 9.12. The number of nitrogens with zero attached hydrogens (tertiary/aromatic N) is 1. The van der Waals surface area contributed by atoms with Gasteiger partial charge in [0.25, 0.3) is 0 Å². The molecule has 0 saturated carbocycles. The van der Waals surface area contributed by atoms with Crippen molar-refractivity contribution in [1.29, 1.82) is 0 Å². The molecule has 1 aromatic rings. The number of hydrogen-bond donors (Lipinski definition) is 2. The third-order valence-corrected chi connectivity index (χ3v) is 2.74. The molecule has 0 aliphatic carbocycles. The van der Waals surface area contributed by atoms with Crippen LogP contribution in [0.15, 0.2) is 10.9 Å². The third kappa shape index (κ3) is 5.69. The van der Waals surface area contributed by atoms with Gasteiger partial charge in [-0.25, -0.2) is 4.98 Å². The lowest BCUT2D eigenvalue weighted by Gasteiger charge is -2.11. The van der Waals surface area contributed by atoms with Gasteiger partial charge in [0.2, 0.25) is 0 Å². The summed E-state index contributed by atoms with van der Waals surface area (Å²) in [5.74, 6) is 0.614. The van der Waals surface area contributed by atoms with E-state index < -0.39 is 0 Å². The largest absolute Gasteiger partial charge is 0.362 e. The Hall–Kier alpha value is -0.680. The Bertz CT molecular complexity index is 283. The monoisotopic (exact) mass is 243 g/mol. The molecular formula is C10H17N3S2. The van der Waals surface area contributed by atoms with Crippen LogP contribution in [0.4, 0.5) is 0 Å². The quantitative estimate of drug-likeness (QED) is 0.773. The first-order valence-electron chi connectivity index (χ1n) is 5.07. The molecule has 0 aromatic carbocycles. The van der Waals surface area contributed by atoms with Crippen molar-refractivity contribution in [3.8, 4) is 0 Å². The number of rotatable bonds is 5. The highest BCUT2D eigenvalue weighted by molar-refractivity contribution is 7.80. The number of aromatic nitrogens is 1. The second-order valence-corrected chi connectivity index (χ2v) is 4.89. The third-order valence-electron chi connectivity index (χ3n) is 1.82. The molecule has 2 N–H and O–H groups in total. The minimum Gasteiger partial charge on any atom is -0.362 e. The summed E-state index contributed by atoms with van der Waals surface area (Å²) in [6, 6.07) is 0. The van der Waals surface area contributed by atoms with Gasteiger partial charge in [0, 0.05) is 24.9 Å². The average molecular weight is 243 g/mol. The summed E-state index contributed by atoms with van der Waals surface area (Å²) < 4.78 is 0. The Morgan fingerprint density at radius 3 is 2.93 bits per heavy atom. The minimum atomic E-state index is 0.614. The van der Waals surface area contributed by atoms with Crippen molar-refractivity contribution in [2.24, 2.45) is 5.92 Å². The molecule has 0 radical (unpaired) electrons. The zero-order valence-corrected chi connectivity index (χ0v) is 10.8. The van der Waals surface area contributed by atoms with E-state index in [1.54, 1.807) is 11.3 Å². The van der Waals surface area contributed by atoms with E-state index in [0.717, 1.165) is 30.3 Å². The molecule has 0 aliphatic rings. The van der Waals surface area contributed by atoms with Crippen molar-refractivity contribution >= 4 is 28.7 Å². The normalized spacial score (nSPS) is 10.3. The standard InChI is InChI=1S/C10H17N3S2/c1-8(2)5-12-10(14)11-4-3-9-6-15-7-13-9/h6-8H,3-5H2,1-2H3,(H2,11,12,14). The summed E-state index contributed by atoms with van der Waals surface area (Å²) >= 11 is 6.75. The zero-order chi connectivity index (χ0) is 11.1. The van der Waals surface area contributed by atoms with Gasteiger partial charge >= 0.3 is 0 Å². The molecule has 1 heterocycles. The van der Waals surface area contributed by atoms with Crippen LogP contribution in [-0.4, -0.2) is 23.2 Å². The molecule has 1 rings (SSSR count). The number of thiazole rings is 1. The van der Waals surface area contributed by atoms with Crippen LogP contribution in [0.25, 0.3) is 0 Å².